The van der Waals surface area contributed by atoms with Crippen LogP contribution in [0.4, 0.5) is 26.3 Å². The monoisotopic (exact) mass is 450 g/mol. The smallest absolute Gasteiger partial charge is 0.457 e. The zero-order chi connectivity index (χ0) is 23.2. The Hall–Kier alpha value is -3.68. The van der Waals surface area contributed by atoms with E-state index in [0.29, 0.717) is 17.1 Å². The van der Waals surface area contributed by atoms with Crippen molar-refractivity contribution in [3.8, 4) is 17.2 Å². The predicted molar refractivity (Wildman–Crippen MR) is 109 cm³/mol. The molecule has 0 amide bonds. The van der Waals surface area contributed by atoms with Crippen molar-refractivity contribution in [2.24, 2.45) is 0 Å². The zero-order valence-corrected chi connectivity index (χ0v) is 16.3. The Morgan fingerprint density at radius 2 is 1.34 bits per heavy atom. The molecule has 0 heterocycles. The molecule has 0 aliphatic carbocycles. The first kappa shape index (κ1) is 23.0. The topological polar surface area (TPSA) is 18.5 Å². The van der Waals surface area contributed by atoms with E-state index in [2.05, 4.69) is 4.74 Å². The number of halogens is 6. The zero-order valence-electron chi connectivity index (χ0n) is 16.3. The molecule has 0 radical (unpaired) electrons. The predicted octanol–water partition coefficient (Wildman–Crippen LogP) is 8.04. The molecule has 0 aliphatic heterocycles. The number of rotatable bonds is 6. The molecule has 2 nitrogen and oxygen atoms in total. The van der Waals surface area contributed by atoms with Gasteiger partial charge in [0.15, 0.2) is 0 Å². The van der Waals surface area contributed by atoms with Crippen molar-refractivity contribution < 1.29 is 35.8 Å². The second-order valence-electron chi connectivity index (χ2n) is 6.50. The van der Waals surface area contributed by atoms with Crippen molar-refractivity contribution in [1.82, 2.24) is 0 Å². The second kappa shape index (κ2) is 9.64. The number of hydrogen-bond donors (Lipinski definition) is 0. The minimum absolute atomic E-state index is 0.294. The summed E-state index contributed by atoms with van der Waals surface area (Å²) in [4.78, 5) is 0. The van der Waals surface area contributed by atoms with Crippen LogP contribution in [0.5, 0.6) is 17.2 Å². The third-order valence-corrected chi connectivity index (χ3v) is 4.09. The standard InChI is InChI=1S/C24H16F6O2/c25-23(26,27)22(18-12-14-20(15-13-18)32-24(28,29)30)11-5-7-17-6-4-10-21(16-17)31-19-8-2-1-3-9-19/h1-16H/b7-5-,22-11+. The normalized spacial score (nSPS) is 12.8. The molecular formula is C24H16F6O2. The SMILES string of the molecule is FC(F)(F)Oc1ccc(/C(=C\C=C/c2cccc(Oc3ccccc3)c2)C(F)(F)F)cc1. The molecule has 0 unspecified atom stereocenters. The number of para-hydroxylation sites is 1. The third-order valence-electron chi connectivity index (χ3n) is 4.09. The first-order chi connectivity index (χ1) is 15.1. The van der Waals surface area contributed by atoms with E-state index < -0.39 is 23.9 Å². The average molecular weight is 450 g/mol. The molecule has 0 fully saturated rings. The minimum Gasteiger partial charge on any atom is -0.457 e. The van der Waals surface area contributed by atoms with Crippen LogP contribution in [0.2, 0.25) is 0 Å². The molecule has 8 heteroatoms. The van der Waals surface area contributed by atoms with Crippen LogP contribution < -0.4 is 9.47 Å². The van der Waals surface area contributed by atoms with Gasteiger partial charge in [-0.3, -0.25) is 0 Å². The summed E-state index contributed by atoms with van der Waals surface area (Å²) in [5.41, 5.74) is -0.702. The molecule has 3 aromatic rings. The molecule has 0 atom stereocenters. The lowest BCUT2D eigenvalue weighted by Gasteiger charge is -2.13. The van der Waals surface area contributed by atoms with Gasteiger partial charge in [0, 0.05) is 0 Å². The molecular weight excluding hydrogens is 434 g/mol. The quantitative estimate of drug-likeness (QED) is 0.280. The highest BCUT2D eigenvalue weighted by Crippen LogP contribution is 2.35. The Morgan fingerprint density at radius 3 is 1.97 bits per heavy atom. The summed E-state index contributed by atoms with van der Waals surface area (Å²) in [6.45, 7) is 0. The number of benzene rings is 3. The molecule has 0 aromatic heterocycles. The van der Waals surface area contributed by atoms with Crippen molar-refractivity contribution >= 4 is 11.6 Å². The van der Waals surface area contributed by atoms with Gasteiger partial charge in [0.1, 0.15) is 17.2 Å². The summed E-state index contributed by atoms with van der Waals surface area (Å²) in [5, 5.41) is 0. The Labute approximate surface area is 180 Å². The number of ether oxygens (including phenoxy) is 2. The van der Waals surface area contributed by atoms with Gasteiger partial charge in [-0.15, -0.1) is 13.2 Å². The van der Waals surface area contributed by atoms with E-state index >= 15 is 0 Å². The molecule has 0 bridgehead atoms. The van der Waals surface area contributed by atoms with Gasteiger partial charge < -0.3 is 9.47 Å². The van der Waals surface area contributed by atoms with Gasteiger partial charge in [0.05, 0.1) is 5.57 Å². The first-order valence-electron chi connectivity index (χ1n) is 9.25. The fourth-order valence-corrected chi connectivity index (χ4v) is 2.75. The van der Waals surface area contributed by atoms with Crippen molar-refractivity contribution in [3.63, 3.8) is 0 Å². The van der Waals surface area contributed by atoms with Crippen molar-refractivity contribution in [3.05, 3.63) is 102 Å². The van der Waals surface area contributed by atoms with Crippen molar-refractivity contribution in [2.75, 3.05) is 0 Å². The van der Waals surface area contributed by atoms with Crippen LogP contribution >= 0.6 is 0 Å². The number of hydrogen-bond acceptors (Lipinski definition) is 2. The van der Waals surface area contributed by atoms with E-state index in [-0.39, 0.29) is 5.56 Å². The summed E-state index contributed by atoms with van der Waals surface area (Å²) in [6, 6.07) is 19.3. The maximum absolute atomic E-state index is 13.5. The van der Waals surface area contributed by atoms with Crippen LogP contribution in [0, 0.1) is 0 Å². The summed E-state index contributed by atoms with van der Waals surface area (Å²) in [6.07, 6.45) is -6.11. The highest BCUT2D eigenvalue weighted by atomic mass is 19.4. The molecule has 0 aliphatic rings. The van der Waals surface area contributed by atoms with Crippen molar-refractivity contribution in [2.45, 2.75) is 12.5 Å². The molecule has 3 aromatic carbocycles. The van der Waals surface area contributed by atoms with Crippen LogP contribution in [0.3, 0.4) is 0 Å². The fraction of sp³-hybridized carbons (Fsp3) is 0.0833. The van der Waals surface area contributed by atoms with Crippen LogP contribution in [0.15, 0.2) is 91.0 Å². The molecule has 0 saturated carbocycles. The van der Waals surface area contributed by atoms with Gasteiger partial charge in [-0.1, -0.05) is 54.6 Å². The summed E-state index contributed by atoms with van der Waals surface area (Å²) >= 11 is 0. The average Bonchev–Trinajstić information content (AvgIpc) is 2.71. The number of allylic oxidation sites excluding steroid dienone is 3. The fourth-order valence-electron chi connectivity index (χ4n) is 2.75. The Kier molecular flexibility index (Phi) is 6.92. The Balaban J connectivity index is 1.79. The molecule has 0 N–H and O–H groups in total. The first-order valence-corrected chi connectivity index (χ1v) is 9.25. The van der Waals surface area contributed by atoms with Crippen molar-refractivity contribution in [1.29, 1.82) is 0 Å². The van der Waals surface area contributed by atoms with E-state index in [1.807, 2.05) is 18.2 Å². The van der Waals surface area contributed by atoms with E-state index in [1.165, 1.54) is 12.2 Å². The van der Waals surface area contributed by atoms with Crippen LogP contribution in [0.1, 0.15) is 11.1 Å². The Bertz CT molecular complexity index is 1080. The van der Waals surface area contributed by atoms with Crippen LogP contribution in [-0.4, -0.2) is 12.5 Å². The largest absolute Gasteiger partial charge is 0.573 e. The lowest BCUT2D eigenvalue weighted by molar-refractivity contribution is -0.274. The maximum Gasteiger partial charge on any atom is 0.573 e. The molecule has 3 rings (SSSR count). The lowest BCUT2D eigenvalue weighted by Crippen LogP contribution is -2.17. The molecule has 32 heavy (non-hydrogen) atoms. The van der Waals surface area contributed by atoms with Gasteiger partial charge in [-0.2, -0.15) is 13.2 Å². The van der Waals surface area contributed by atoms with Gasteiger partial charge in [0.25, 0.3) is 0 Å². The van der Waals surface area contributed by atoms with E-state index in [4.69, 9.17) is 4.74 Å². The highest BCUT2D eigenvalue weighted by molar-refractivity contribution is 5.72. The van der Waals surface area contributed by atoms with Gasteiger partial charge in [0.2, 0.25) is 0 Å². The second-order valence-corrected chi connectivity index (χ2v) is 6.50. The summed E-state index contributed by atoms with van der Waals surface area (Å²) < 4.78 is 86.5. The Morgan fingerprint density at radius 1 is 0.688 bits per heavy atom. The third kappa shape index (κ3) is 6.94. The van der Waals surface area contributed by atoms with Crippen LogP contribution in [0.25, 0.3) is 11.6 Å². The number of alkyl halides is 6. The van der Waals surface area contributed by atoms with E-state index in [0.717, 1.165) is 30.3 Å². The van der Waals surface area contributed by atoms with Gasteiger partial charge >= 0.3 is 12.5 Å². The van der Waals surface area contributed by atoms with E-state index in [1.54, 1.807) is 36.4 Å². The summed E-state index contributed by atoms with van der Waals surface area (Å²) in [5.74, 6) is 0.526. The van der Waals surface area contributed by atoms with E-state index in [9.17, 15) is 26.3 Å². The molecule has 0 spiro atoms. The van der Waals surface area contributed by atoms with Gasteiger partial charge in [-0.25, -0.2) is 0 Å². The molecule has 0 saturated heterocycles. The minimum atomic E-state index is -4.92. The van der Waals surface area contributed by atoms with Gasteiger partial charge in [-0.05, 0) is 53.6 Å². The molecule has 166 valence electrons. The van der Waals surface area contributed by atoms with Crippen LogP contribution in [-0.2, 0) is 0 Å². The summed E-state index contributed by atoms with van der Waals surface area (Å²) in [7, 11) is 0. The lowest BCUT2D eigenvalue weighted by atomic mass is 10.0. The highest BCUT2D eigenvalue weighted by Gasteiger charge is 2.35. The maximum atomic E-state index is 13.5.